The molecule has 188 valence electrons. The molecule has 0 heterocycles. The van der Waals surface area contributed by atoms with E-state index in [4.69, 9.17) is 0 Å². The van der Waals surface area contributed by atoms with Crippen molar-refractivity contribution >= 4 is 23.6 Å². The molecule has 0 saturated carbocycles. The fourth-order valence-electron chi connectivity index (χ4n) is 5.60. The van der Waals surface area contributed by atoms with Crippen LogP contribution in [-0.2, 0) is 21.7 Å². The zero-order valence-electron chi connectivity index (χ0n) is 22.3. The summed E-state index contributed by atoms with van der Waals surface area (Å²) in [6, 6.07) is 21.6. The van der Waals surface area contributed by atoms with Gasteiger partial charge in [0, 0.05) is 0 Å². The van der Waals surface area contributed by atoms with Crippen LogP contribution in [-0.4, -0.2) is 8.07 Å². The molecule has 0 amide bonds. The van der Waals surface area contributed by atoms with Gasteiger partial charge in [0.15, 0.2) is 8.07 Å². The number of allylic oxidation sites excluding steroid dienone is 4. The van der Waals surface area contributed by atoms with Crippen LogP contribution >= 0.6 is 0 Å². The molecule has 0 atom stereocenters. The molecule has 0 N–H and O–H groups in total. The van der Waals surface area contributed by atoms with E-state index in [-0.39, 0.29) is 58.9 Å². The molecule has 3 aromatic rings. The Morgan fingerprint density at radius 3 is 1.14 bits per heavy atom. The third-order valence-electron chi connectivity index (χ3n) is 6.66. The van der Waals surface area contributed by atoms with Crippen LogP contribution in [0.4, 0.5) is 0 Å². The summed E-state index contributed by atoms with van der Waals surface area (Å²) in [6.45, 7) is 15.7. The second-order valence-electron chi connectivity index (χ2n) is 9.77. The maximum absolute atomic E-state index is 3.93. The zero-order chi connectivity index (χ0) is 23.0. The van der Waals surface area contributed by atoms with Crippen LogP contribution < -0.4 is 52.8 Å². The number of halogens is 3. The predicted molar refractivity (Wildman–Crippen MR) is 142 cm³/mol. The van der Waals surface area contributed by atoms with Crippen molar-refractivity contribution in [2.24, 2.45) is 0 Å². The number of hydrogen-bond acceptors (Lipinski definition) is 0. The minimum Gasteiger partial charge on any atom is -1.00 e. The summed E-state index contributed by atoms with van der Waals surface area (Å²) in [7, 11) is -2.48. The summed E-state index contributed by atoms with van der Waals surface area (Å²) in [6.07, 6.45) is 8.39. The third kappa shape index (κ3) is 6.87. The minimum absolute atomic E-state index is 0. The van der Waals surface area contributed by atoms with Crippen molar-refractivity contribution in [2.75, 3.05) is 0 Å². The smallest absolute Gasteiger partial charge is 1.00 e. The first-order valence-electron chi connectivity index (χ1n) is 11.8. The van der Waals surface area contributed by atoms with Crippen LogP contribution in [0.2, 0.25) is 0 Å². The van der Waals surface area contributed by atoms with Crippen LogP contribution in [0.25, 0.3) is 0 Å². The van der Waals surface area contributed by atoms with E-state index in [1.165, 1.54) is 59.7 Å². The van der Waals surface area contributed by atoms with Crippen LogP contribution in [0.1, 0.15) is 53.1 Å². The van der Waals surface area contributed by atoms with Crippen LogP contribution in [0.3, 0.4) is 0 Å². The average Bonchev–Trinajstić information content (AvgIpc) is 3.16. The fourth-order valence-corrected chi connectivity index (χ4v) is 11.1. The van der Waals surface area contributed by atoms with Crippen molar-refractivity contribution in [2.45, 2.75) is 61.3 Å². The van der Waals surface area contributed by atoms with Gasteiger partial charge in [0.25, 0.3) is 0 Å². The van der Waals surface area contributed by atoms with E-state index in [1.54, 1.807) is 0 Å². The molecule has 0 radical (unpaired) electrons. The molecule has 0 bridgehead atoms. The van der Waals surface area contributed by atoms with E-state index in [0.717, 1.165) is 12.8 Å². The minimum atomic E-state index is -2.48. The maximum atomic E-state index is 3.93. The zero-order valence-corrected chi connectivity index (χ0v) is 27.2. The second kappa shape index (κ2) is 14.2. The molecule has 0 fully saturated rings. The Labute approximate surface area is 253 Å². The van der Waals surface area contributed by atoms with Crippen LogP contribution in [0.5, 0.6) is 0 Å². The van der Waals surface area contributed by atoms with Gasteiger partial charge in [-0.15, -0.1) is 0 Å². The Bertz CT molecular complexity index is 1070. The van der Waals surface area contributed by atoms with Crippen molar-refractivity contribution in [1.82, 2.24) is 0 Å². The Morgan fingerprint density at radius 2 is 0.889 bits per heavy atom. The largest absolute Gasteiger partial charge is 4.00 e. The van der Waals surface area contributed by atoms with E-state index in [0.29, 0.717) is 0 Å². The summed E-state index contributed by atoms with van der Waals surface area (Å²) in [5.74, 6) is 0. The summed E-state index contributed by atoms with van der Waals surface area (Å²) in [5.41, 5.74) is 9.40. The molecule has 3 aromatic carbocycles. The Morgan fingerprint density at radius 1 is 0.583 bits per heavy atom. The van der Waals surface area contributed by atoms with Gasteiger partial charge in [-0.2, -0.15) is 5.20 Å². The SMILES string of the molecule is CCC1=CCC([Si](c2cc(C)cc(C)c2)(c2cc(C)cc(C)c2)c2cc(C)cc(C)c2)=[C-]1.[Cl-].[Cl-].[Cl-].[Ti+4]. The van der Waals surface area contributed by atoms with Crippen molar-refractivity contribution in [1.29, 1.82) is 0 Å². The molecule has 0 aliphatic heterocycles. The second-order valence-corrected chi connectivity index (χ2v) is 13.6. The summed E-state index contributed by atoms with van der Waals surface area (Å²) < 4.78 is 0. The summed E-state index contributed by atoms with van der Waals surface area (Å²) >= 11 is 0. The monoisotopic (exact) mass is 588 g/mol. The normalized spacial score (nSPS) is 12.3. The number of aryl methyl sites for hydroxylation is 6. The number of rotatable bonds is 5. The number of hydrogen-bond donors (Lipinski definition) is 0. The van der Waals surface area contributed by atoms with Gasteiger partial charge in [-0.3, -0.25) is 6.08 Å². The summed E-state index contributed by atoms with van der Waals surface area (Å²) in [4.78, 5) is 0. The average molecular weight is 590 g/mol. The van der Waals surface area contributed by atoms with Crippen LogP contribution in [0, 0.1) is 47.6 Å². The Balaban J connectivity index is 0.00000306. The molecule has 36 heavy (non-hydrogen) atoms. The van der Waals surface area contributed by atoms with Gasteiger partial charge in [0.1, 0.15) is 0 Å². The predicted octanol–water partition coefficient (Wildman–Crippen LogP) is -2.97. The molecule has 5 heteroatoms. The van der Waals surface area contributed by atoms with Gasteiger partial charge in [0.2, 0.25) is 0 Å². The van der Waals surface area contributed by atoms with E-state index >= 15 is 0 Å². The van der Waals surface area contributed by atoms with Gasteiger partial charge in [0.05, 0.1) is 0 Å². The molecule has 1 aliphatic carbocycles. The Kier molecular flexibility index (Phi) is 13.8. The van der Waals surface area contributed by atoms with Crippen LogP contribution in [0.15, 0.2) is 71.4 Å². The maximum Gasteiger partial charge on any atom is 4.00 e. The molecule has 0 unspecified atom stereocenters. The van der Waals surface area contributed by atoms with Crippen molar-refractivity contribution < 1.29 is 58.9 Å². The molecule has 1 aliphatic rings. The standard InChI is InChI=1S/C31H35Si.3ClH.Ti/c1-8-27-9-10-28(20-27)32(29-14-21(2)11-22(3)15-29,30-16-23(4)12-24(5)17-30)31-18-25(6)13-26(7)19-31;;;;/h9,11-19H,8,10H2,1-7H3;3*1H;/q-1;;;;+4/p-3. The van der Waals surface area contributed by atoms with Gasteiger partial charge in [-0.25, -0.2) is 11.6 Å². The molecule has 4 rings (SSSR count). The van der Waals surface area contributed by atoms with Crippen molar-refractivity contribution in [3.8, 4) is 0 Å². The molecular formula is C31H35Cl3SiTi. The first-order valence-corrected chi connectivity index (χ1v) is 13.8. The first kappa shape index (κ1) is 34.9. The third-order valence-corrected chi connectivity index (χ3v) is 11.4. The fraction of sp³-hybridized carbons (Fsp3) is 0.290. The first-order chi connectivity index (χ1) is 15.2. The molecule has 0 nitrogen and oxygen atoms in total. The topological polar surface area (TPSA) is 0 Å². The summed E-state index contributed by atoms with van der Waals surface area (Å²) in [5, 5.41) is 5.95. The quantitative estimate of drug-likeness (QED) is 0.170. The number of benzene rings is 3. The van der Waals surface area contributed by atoms with E-state index < -0.39 is 8.07 Å². The van der Waals surface area contributed by atoms with Gasteiger partial charge >= 0.3 is 21.7 Å². The van der Waals surface area contributed by atoms with Crippen molar-refractivity contribution in [3.63, 3.8) is 0 Å². The molecular weight excluding hydrogens is 555 g/mol. The molecule has 0 aromatic heterocycles. The van der Waals surface area contributed by atoms with Gasteiger partial charge in [-0.05, 0) is 57.1 Å². The molecule has 0 spiro atoms. The van der Waals surface area contributed by atoms with Crippen molar-refractivity contribution in [3.05, 3.63) is 111 Å². The van der Waals surface area contributed by atoms with Gasteiger partial charge < -0.3 is 37.2 Å². The van der Waals surface area contributed by atoms with Gasteiger partial charge in [-0.1, -0.05) is 108 Å². The molecule has 0 saturated heterocycles. The van der Waals surface area contributed by atoms with E-state index in [1.807, 2.05) is 0 Å². The van der Waals surface area contributed by atoms with E-state index in [9.17, 15) is 0 Å². The van der Waals surface area contributed by atoms with E-state index in [2.05, 4.69) is 115 Å². The Hall–Kier alpha value is -1.06.